The average molecular weight is 278 g/mol. The summed E-state index contributed by atoms with van der Waals surface area (Å²) in [7, 11) is 0. The first-order valence-electron chi connectivity index (χ1n) is 5.28. The highest BCUT2D eigenvalue weighted by Crippen LogP contribution is 2.26. The molecule has 20 heavy (non-hydrogen) atoms. The zero-order valence-corrected chi connectivity index (χ0v) is 9.82. The summed E-state index contributed by atoms with van der Waals surface area (Å²) < 4.78 is 18.6. The van der Waals surface area contributed by atoms with Crippen LogP contribution in [0.2, 0.25) is 0 Å². The fourth-order valence-corrected chi connectivity index (χ4v) is 1.43. The Kier molecular flexibility index (Phi) is 3.56. The lowest BCUT2D eigenvalue weighted by Crippen LogP contribution is -2.00. The lowest BCUT2D eigenvalue weighted by atomic mass is 10.3. The number of aromatic carboxylic acids is 1. The fraction of sp³-hybridized carbons (Fsp3) is 0. The molecule has 0 amide bonds. The molecule has 0 bridgehead atoms. The van der Waals surface area contributed by atoms with Crippen molar-refractivity contribution in [2.45, 2.75) is 0 Å². The maximum absolute atomic E-state index is 13.4. The molecular weight excluding hydrogens is 271 g/mol. The molecule has 0 saturated heterocycles. The van der Waals surface area contributed by atoms with E-state index in [1.54, 1.807) is 0 Å². The second-order valence-corrected chi connectivity index (χ2v) is 3.65. The number of carboxylic acid groups (broad SMARTS) is 1. The van der Waals surface area contributed by atoms with Crippen LogP contribution in [0.4, 0.5) is 10.1 Å². The number of ether oxygens (including phenoxy) is 1. The first-order chi connectivity index (χ1) is 9.47. The van der Waals surface area contributed by atoms with Gasteiger partial charge in [0, 0.05) is 24.4 Å². The molecule has 1 heterocycles. The van der Waals surface area contributed by atoms with Gasteiger partial charge in [0.2, 0.25) is 5.82 Å². The van der Waals surface area contributed by atoms with Crippen LogP contribution in [-0.4, -0.2) is 21.0 Å². The number of nitro benzene ring substituents is 1. The Morgan fingerprint density at radius 1 is 1.30 bits per heavy atom. The molecule has 0 aliphatic carbocycles. The number of carboxylic acids is 1. The number of nitro groups is 1. The van der Waals surface area contributed by atoms with Gasteiger partial charge in [-0.25, -0.2) is 9.78 Å². The maximum Gasteiger partial charge on any atom is 0.354 e. The van der Waals surface area contributed by atoms with E-state index in [0.29, 0.717) is 0 Å². The van der Waals surface area contributed by atoms with E-state index < -0.39 is 22.4 Å². The fourth-order valence-electron chi connectivity index (χ4n) is 1.43. The smallest absolute Gasteiger partial charge is 0.354 e. The van der Waals surface area contributed by atoms with E-state index >= 15 is 0 Å². The molecule has 0 saturated carbocycles. The molecule has 0 unspecified atom stereocenters. The van der Waals surface area contributed by atoms with Crippen molar-refractivity contribution in [1.82, 2.24) is 4.98 Å². The lowest BCUT2D eigenvalue weighted by molar-refractivity contribution is -0.387. The van der Waals surface area contributed by atoms with Gasteiger partial charge >= 0.3 is 11.7 Å². The van der Waals surface area contributed by atoms with Crippen LogP contribution in [0.3, 0.4) is 0 Å². The summed E-state index contributed by atoms with van der Waals surface area (Å²) in [5.74, 6) is -2.13. The minimum Gasteiger partial charge on any atom is -0.477 e. The van der Waals surface area contributed by atoms with Crippen molar-refractivity contribution in [1.29, 1.82) is 0 Å². The Labute approximate surface area is 111 Å². The first-order valence-corrected chi connectivity index (χ1v) is 5.28. The molecule has 0 aliphatic heterocycles. The number of hydrogen-bond donors (Lipinski definition) is 1. The van der Waals surface area contributed by atoms with Crippen LogP contribution in [-0.2, 0) is 0 Å². The second kappa shape index (κ2) is 5.31. The summed E-state index contributed by atoms with van der Waals surface area (Å²) >= 11 is 0. The predicted molar refractivity (Wildman–Crippen MR) is 64.3 cm³/mol. The summed E-state index contributed by atoms with van der Waals surface area (Å²) in [4.78, 5) is 23.9. The standard InChI is InChI=1S/C12H7FN2O5/c13-9-5-7(1-2-11(9)15(18)19)20-8-3-4-14-10(6-8)12(16)17/h1-6H,(H,16,17). The molecule has 0 fully saturated rings. The van der Waals surface area contributed by atoms with Gasteiger partial charge in [-0.2, -0.15) is 4.39 Å². The summed E-state index contributed by atoms with van der Waals surface area (Å²) in [5.41, 5.74) is -0.900. The van der Waals surface area contributed by atoms with E-state index in [0.717, 1.165) is 18.2 Å². The number of carbonyl (C=O) groups is 1. The van der Waals surface area contributed by atoms with Crippen molar-refractivity contribution < 1.29 is 24.0 Å². The third kappa shape index (κ3) is 2.86. The summed E-state index contributed by atoms with van der Waals surface area (Å²) in [6, 6.07) is 5.55. The van der Waals surface area contributed by atoms with Gasteiger partial charge in [0.05, 0.1) is 4.92 Å². The number of benzene rings is 1. The number of rotatable bonds is 4. The molecule has 0 aliphatic rings. The van der Waals surface area contributed by atoms with Crippen molar-refractivity contribution in [3.8, 4) is 11.5 Å². The van der Waals surface area contributed by atoms with Gasteiger partial charge in [0.25, 0.3) is 0 Å². The molecule has 7 nitrogen and oxygen atoms in total. The molecule has 8 heteroatoms. The molecule has 2 aromatic rings. The van der Waals surface area contributed by atoms with E-state index in [1.165, 1.54) is 18.3 Å². The van der Waals surface area contributed by atoms with Crippen molar-refractivity contribution in [2.24, 2.45) is 0 Å². The molecule has 102 valence electrons. The number of pyridine rings is 1. The lowest BCUT2D eigenvalue weighted by Gasteiger charge is -2.06. The Balaban J connectivity index is 2.26. The van der Waals surface area contributed by atoms with Gasteiger partial charge in [0.15, 0.2) is 5.69 Å². The minimum atomic E-state index is -1.23. The Morgan fingerprint density at radius 2 is 2.00 bits per heavy atom. The van der Waals surface area contributed by atoms with Gasteiger partial charge in [0.1, 0.15) is 11.5 Å². The average Bonchev–Trinajstić information content (AvgIpc) is 2.38. The monoisotopic (exact) mass is 278 g/mol. The number of hydrogen-bond acceptors (Lipinski definition) is 5. The molecule has 1 N–H and O–H groups in total. The second-order valence-electron chi connectivity index (χ2n) is 3.65. The molecule has 1 aromatic heterocycles. The van der Waals surface area contributed by atoms with Crippen LogP contribution >= 0.6 is 0 Å². The van der Waals surface area contributed by atoms with E-state index in [4.69, 9.17) is 9.84 Å². The van der Waals surface area contributed by atoms with Crippen LogP contribution in [0.1, 0.15) is 10.5 Å². The summed E-state index contributed by atoms with van der Waals surface area (Å²) in [6.45, 7) is 0. The Bertz CT molecular complexity index is 689. The summed E-state index contributed by atoms with van der Waals surface area (Å²) in [5, 5.41) is 19.2. The molecule has 1 aromatic carbocycles. The quantitative estimate of drug-likeness (QED) is 0.681. The third-order valence-electron chi connectivity index (χ3n) is 2.30. The molecule has 0 atom stereocenters. The topological polar surface area (TPSA) is 103 Å². The van der Waals surface area contributed by atoms with Crippen LogP contribution in [0.15, 0.2) is 36.5 Å². The van der Waals surface area contributed by atoms with Crippen molar-refractivity contribution in [2.75, 3.05) is 0 Å². The van der Waals surface area contributed by atoms with Crippen LogP contribution in [0, 0.1) is 15.9 Å². The zero-order valence-electron chi connectivity index (χ0n) is 9.82. The van der Waals surface area contributed by atoms with Gasteiger partial charge in [-0.05, 0) is 12.1 Å². The van der Waals surface area contributed by atoms with Gasteiger partial charge in [-0.1, -0.05) is 0 Å². The van der Waals surface area contributed by atoms with E-state index in [2.05, 4.69) is 4.98 Å². The normalized spacial score (nSPS) is 10.1. The SMILES string of the molecule is O=C(O)c1cc(Oc2ccc([N+](=O)[O-])c(F)c2)ccn1. The van der Waals surface area contributed by atoms with E-state index in [9.17, 15) is 19.3 Å². The highest BCUT2D eigenvalue weighted by molar-refractivity contribution is 5.85. The van der Waals surface area contributed by atoms with Gasteiger partial charge < -0.3 is 9.84 Å². The van der Waals surface area contributed by atoms with Crippen LogP contribution < -0.4 is 4.74 Å². The molecule has 2 rings (SSSR count). The number of nitrogens with zero attached hydrogens (tertiary/aromatic N) is 2. The van der Waals surface area contributed by atoms with Gasteiger partial charge in [-0.3, -0.25) is 10.1 Å². The van der Waals surface area contributed by atoms with Crippen molar-refractivity contribution in [3.63, 3.8) is 0 Å². The van der Waals surface area contributed by atoms with Crippen molar-refractivity contribution in [3.05, 3.63) is 58.2 Å². The maximum atomic E-state index is 13.4. The predicted octanol–water partition coefficient (Wildman–Crippen LogP) is 2.62. The van der Waals surface area contributed by atoms with Crippen LogP contribution in [0.5, 0.6) is 11.5 Å². The first kappa shape index (κ1) is 13.4. The molecular formula is C12H7FN2O5. The minimum absolute atomic E-state index is 0.00985. The highest BCUT2D eigenvalue weighted by Gasteiger charge is 2.15. The largest absolute Gasteiger partial charge is 0.477 e. The van der Waals surface area contributed by atoms with E-state index in [1.807, 2.05) is 0 Å². The molecule has 0 radical (unpaired) electrons. The van der Waals surface area contributed by atoms with Gasteiger partial charge in [-0.15, -0.1) is 0 Å². The number of halogens is 1. The summed E-state index contributed by atoms with van der Waals surface area (Å²) in [6.07, 6.45) is 1.22. The third-order valence-corrected chi connectivity index (χ3v) is 2.30. The zero-order chi connectivity index (χ0) is 14.7. The van der Waals surface area contributed by atoms with Crippen LogP contribution in [0.25, 0.3) is 0 Å². The highest BCUT2D eigenvalue weighted by atomic mass is 19.1. The molecule has 0 spiro atoms. The Hall–Kier alpha value is -3.03. The number of aromatic nitrogens is 1. The Morgan fingerprint density at radius 3 is 2.60 bits per heavy atom. The van der Waals surface area contributed by atoms with E-state index in [-0.39, 0.29) is 17.2 Å². The van der Waals surface area contributed by atoms with Crippen molar-refractivity contribution >= 4 is 11.7 Å².